The van der Waals surface area contributed by atoms with E-state index in [2.05, 4.69) is 26.1 Å². The van der Waals surface area contributed by atoms with Crippen LogP contribution in [0.5, 0.6) is 0 Å². The highest BCUT2D eigenvalue weighted by molar-refractivity contribution is 7.89. The lowest BCUT2D eigenvalue weighted by Gasteiger charge is -2.35. The number of alkyl halides is 2. The summed E-state index contributed by atoms with van der Waals surface area (Å²) in [5.74, 6) is -3.47. The standard InChI is InChI=1S/C25H27F2N7O4S/c1-14-2-5-18(39(36,37)33-15-3-4-17(6-7-28)38-13-15)8-19(14)21-11-30-23-22(29)32-20(12-34(21)23)24(35)31-16-9-25(26,27)10-16/h2,5,8,11-12,15-17,33H,3-4,6,9-10,13H2,1H3,(H2,29,32)(H,31,35)/t15-,17+/m0/s1. The number of fused-ring (bicyclic) bond motifs is 1. The second-order valence-electron chi connectivity index (χ2n) is 9.97. The van der Waals surface area contributed by atoms with E-state index in [0.717, 1.165) is 5.56 Å². The van der Waals surface area contributed by atoms with Crippen molar-refractivity contribution in [3.8, 4) is 17.3 Å². The Bertz CT molecular complexity index is 1570. The zero-order valence-corrected chi connectivity index (χ0v) is 21.8. The summed E-state index contributed by atoms with van der Waals surface area (Å²) in [5, 5.41) is 11.4. The molecular weight excluding hydrogens is 532 g/mol. The molecule has 1 aromatic carbocycles. The van der Waals surface area contributed by atoms with Crippen molar-refractivity contribution in [2.75, 3.05) is 12.3 Å². The zero-order chi connectivity index (χ0) is 27.9. The van der Waals surface area contributed by atoms with Crippen molar-refractivity contribution in [2.45, 2.75) is 68.0 Å². The Labute approximate surface area is 223 Å². The van der Waals surface area contributed by atoms with Crippen LogP contribution in [0, 0.1) is 18.3 Å². The Kier molecular flexibility index (Phi) is 7.00. The third-order valence-electron chi connectivity index (χ3n) is 6.98. The molecule has 14 heteroatoms. The number of nitrogens with one attached hydrogen (secondary N) is 2. The number of carbonyl (C=O) groups is 1. The number of amides is 1. The highest BCUT2D eigenvalue weighted by atomic mass is 32.2. The highest BCUT2D eigenvalue weighted by Crippen LogP contribution is 2.37. The van der Waals surface area contributed by atoms with Gasteiger partial charge in [-0.15, -0.1) is 0 Å². The Morgan fingerprint density at radius 3 is 2.74 bits per heavy atom. The molecule has 4 N–H and O–H groups in total. The van der Waals surface area contributed by atoms with Crippen LogP contribution in [0.2, 0.25) is 0 Å². The first-order valence-corrected chi connectivity index (χ1v) is 13.9. The second-order valence-corrected chi connectivity index (χ2v) is 11.7. The van der Waals surface area contributed by atoms with Gasteiger partial charge in [-0.1, -0.05) is 6.07 Å². The zero-order valence-electron chi connectivity index (χ0n) is 21.0. The van der Waals surface area contributed by atoms with Gasteiger partial charge in [0.15, 0.2) is 11.5 Å². The molecule has 5 rings (SSSR count). The summed E-state index contributed by atoms with van der Waals surface area (Å²) in [6.07, 6.45) is 3.22. The maximum Gasteiger partial charge on any atom is 0.271 e. The van der Waals surface area contributed by atoms with Crippen LogP contribution in [0.4, 0.5) is 14.6 Å². The van der Waals surface area contributed by atoms with Crippen LogP contribution < -0.4 is 15.8 Å². The van der Waals surface area contributed by atoms with Crippen LogP contribution in [0.25, 0.3) is 16.9 Å². The van der Waals surface area contributed by atoms with Crippen molar-refractivity contribution in [1.82, 2.24) is 24.4 Å². The number of nitrogens with zero attached hydrogens (tertiary/aromatic N) is 4. The van der Waals surface area contributed by atoms with Gasteiger partial charge >= 0.3 is 0 Å². The highest BCUT2D eigenvalue weighted by Gasteiger charge is 2.46. The predicted molar refractivity (Wildman–Crippen MR) is 136 cm³/mol. The van der Waals surface area contributed by atoms with Crippen molar-refractivity contribution < 1.29 is 26.7 Å². The molecule has 2 fully saturated rings. The number of imidazole rings is 1. The molecule has 1 saturated carbocycles. The summed E-state index contributed by atoms with van der Waals surface area (Å²) in [7, 11) is -3.91. The molecule has 206 valence electrons. The molecule has 1 aliphatic heterocycles. The van der Waals surface area contributed by atoms with Gasteiger partial charge in [0, 0.05) is 36.7 Å². The summed E-state index contributed by atoms with van der Waals surface area (Å²) in [5.41, 5.74) is 7.98. The number of benzene rings is 1. The van der Waals surface area contributed by atoms with E-state index >= 15 is 0 Å². The van der Waals surface area contributed by atoms with Crippen molar-refractivity contribution in [1.29, 1.82) is 5.26 Å². The summed E-state index contributed by atoms with van der Waals surface area (Å²) < 4.78 is 62.6. The van der Waals surface area contributed by atoms with E-state index in [4.69, 9.17) is 15.7 Å². The van der Waals surface area contributed by atoms with Crippen molar-refractivity contribution in [3.63, 3.8) is 0 Å². The average molecular weight is 560 g/mol. The number of aryl methyl sites for hydroxylation is 1. The fourth-order valence-corrected chi connectivity index (χ4v) is 6.12. The minimum atomic E-state index is -3.91. The molecule has 0 radical (unpaired) electrons. The Morgan fingerprint density at radius 2 is 2.08 bits per heavy atom. The first-order valence-electron chi connectivity index (χ1n) is 12.4. The summed E-state index contributed by atoms with van der Waals surface area (Å²) in [6, 6.07) is 5.65. The monoisotopic (exact) mass is 559 g/mol. The number of anilines is 1. The van der Waals surface area contributed by atoms with E-state index in [1.54, 1.807) is 13.0 Å². The van der Waals surface area contributed by atoms with Crippen molar-refractivity contribution in [3.05, 3.63) is 41.9 Å². The first-order chi connectivity index (χ1) is 18.5. The summed E-state index contributed by atoms with van der Waals surface area (Å²) >= 11 is 0. The number of sulfonamides is 1. The molecule has 1 aliphatic carbocycles. The van der Waals surface area contributed by atoms with Gasteiger partial charge in [0.2, 0.25) is 10.0 Å². The lowest BCUT2D eigenvalue weighted by molar-refractivity contribution is -0.0901. The molecule has 3 aromatic rings. The van der Waals surface area contributed by atoms with Gasteiger partial charge in [-0.3, -0.25) is 9.20 Å². The van der Waals surface area contributed by atoms with Gasteiger partial charge in [-0.2, -0.15) is 5.26 Å². The number of carbonyl (C=O) groups excluding carboxylic acids is 1. The largest absolute Gasteiger partial charge is 0.381 e. The van der Waals surface area contributed by atoms with Gasteiger partial charge in [0.05, 0.1) is 42.0 Å². The predicted octanol–water partition coefficient (Wildman–Crippen LogP) is 2.55. The minimum absolute atomic E-state index is 0.0307. The van der Waals surface area contributed by atoms with Crippen LogP contribution in [-0.2, 0) is 14.8 Å². The quantitative estimate of drug-likeness (QED) is 0.397. The van der Waals surface area contributed by atoms with Gasteiger partial charge < -0.3 is 15.8 Å². The van der Waals surface area contributed by atoms with Gasteiger partial charge in [-0.25, -0.2) is 31.9 Å². The molecule has 2 atom stereocenters. The van der Waals surface area contributed by atoms with E-state index < -0.39 is 46.8 Å². The number of halogens is 2. The molecule has 0 spiro atoms. The number of nitrogen functional groups attached to an aromatic ring is 1. The van der Waals surface area contributed by atoms with Crippen LogP contribution in [0.3, 0.4) is 0 Å². The van der Waals surface area contributed by atoms with E-state index in [9.17, 15) is 22.0 Å². The Balaban J connectivity index is 1.41. The Morgan fingerprint density at radius 1 is 1.31 bits per heavy atom. The number of nitrogens with two attached hydrogens (primary N) is 1. The number of nitriles is 1. The topological polar surface area (TPSA) is 164 Å². The molecule has 1 saturated heterocycles. The van der Waals surface area contributed by atoms with Gasteiger partial charge in [0.1, 0.15) is 5.69 Å². The maximum absolute atomic E-state index is 13.2. The first kappa shape index (κ1) is 26.9. The van der Waals surface area contributed by atoms with Crippen LogP contribution in [0.1, 0.15) is 48.2 Å². The molecule has 2 aliphatic rings. The average Bonchev–Trinajstić information content (AvgIpc) is 3.29. The van der Waals surface area contributed by atoms with Crippen molar-refractivity contribution >= 4 is 27.4 Å². The number of rotatable bonds is 7. The Hall–Kier alpha value is -3.67. The smallest absolute Gasteiger partial charge is 0.271 e. The number of hydrogen-bond acceptors (Lipinski definition) is 8. The molecule has 2 aromatic heterocycles. The van der Waals surface area contributed by atoms with Gasteiger partial charge in [0.25, 0.3) is 11.8 Å². The van der Waals surface area contributed by atoms with E-state index in [1.807, 2.05) is 0 Å². The summed E-state index contributed by atoms with van der Waals surface area (Å²) in [6.45, 7) is 1.98. The van der Waals surface area contributed by atoms with Crippen LogP contribution in [-0.4, -0.2) is 59.4 Å². The number of aromatic nitrogens is 3. The number of hydrogen-bond donors (Lipinski definition) is 3. The lowest BCUT2D eigenvalue weighted by atomic mass is 9.88. The SMILES string of the molecule is Cc1ccc(S(=O)(=O)N[C@H]2CC[C@H](CC#N)OC2)cc1-c1cnc2c(N)nc(C(=O)NC3CC(F)(F)C3)cn12. The second kappa shape index (κ2) is 10.1. The van der Waals surface area contributed by atoms with E-state index in [0.29, 0.717) is 24.1 Å². The number of ether oxygens (including phenoxy) is 1. The molecular formula is C25H27F2N7O4S. The molecule has 11 nitrogen and oxygen atoms in total. The van der Waals surface area contributed by atoms with Crippen LogP contribution in [0.15, 0.2) is 35.5 Å². The van der Waals surface area contributed by atoms with Gasteiger partial charge in [-0.05, 0) is 37.5 Å². The minimum Gasteiger partial charge on any atom is -0.381 e. The van der Waals surface area contributed by atoms with Crippen LogP contribution >= 0.6 is 0 Å². The van der Waals surface area contributed by atoms with E-state index in [-0.39, 0.29) is 41.2 Å². The normalized spacial score (nSPS) is 21.3. The maximum atomic E-state index is 13.2. The van der Waals surface area contributed by atoms with E-state index in [1.165, 1.54) is 28.9 Å². The third-order valence-corrected chi connectivity index (χ3v) is 8.50. The third kappa shape index (κ3) is 5.56. The molecule has 1 amide bonds. The molecule has 0 unspecified atom stereocenters. The fourth-order valence-electron chi connectivity index (χ4n) is 4.84. The molecule has 39 heavy (non-hydrogen) atoms. The molecule has 0 bridgehead atoms. The lowest BCUT2D eigenvalue weighted by Crippen LogP contribution is -2.50. The fraction of sp³-hybridized carbons (Fsp3) is 0.440. The summed E-state index contributed by atoms with van der Waals surface area (Å²) in [4.78, 5) is 21.1. The van der Waals surface area contributed by atoms with Crippen molar-refractivity contribution in [2.24, 2.45) is 0 Å². The molecule has 3 heterocycles.